The van der Waals surface area contributed by atoms with Gasteiger partial charge in [0.15, 0.2) is 6.10 Å². The number of ether oxygens (including phenoxy) is 2. The van der Waals surface area contributed by atoms with Crippen LogP contribution in [-0.4, -0.2) is 30.5 Å². The second-order valence-electron chi connectivity index (χ2n) is 8.67. The fourth-order valence-corrected chi connectivity index (χ4v) is 3.99. The van der Waals surface area contributed by atoms with Crippen LogP contribution in [0, 0.1) is 13.8 Å². The summed E-state index contributed by atoms with van der Waals surface area (Å²) in [7, 11) is 0. The van der Waals surface area contributed by atoms with E-state index in [4.69, 9.17) is 25.5 Å². The summed E-state index contributed by atoms with van der Waals surface area (Å²) in [6.07, 6.45) is -0.880. The predicted octanol–water partition coefficient (Wildman–Crippen LogP) is 6.54. The zero-order valence-electron chi connectivity index (χ0n) is 21.4. The van der Waals surface area contributed by atoms with Gasteiger partial charge in [-0.05, 0) is 87.4 Å². The van der Waals surface area contributed by atoms with Gasteiger partial charge in [0.2, 0.25) is 5.76 Å². The van der Waals surface area contributed by atoms with Gasteiger partial charge in [-0.15, -0.1) is 0 Å². The van der Waals surface area contributed by atoms with Crippen molar-refractivity contribution in [1.29, 1.82) is 0 Å². The summed E-state index contributed by atoms with van der Waals surface area (Å²) in [6, 6.07) is 16.8. The molecule has 4 rings (SSSR count). The Hall–Kier alpha value is -4.30. The van der Waals surface area contributed by atoms with Gasteiger partial charge in [0, 0.05) is 16.1 Å². The van der Waals surface area contributed by atoms with Crippen molar-refractivity contribution < 1.29 is 28.3 Å². The van der Waals surface area contributed by atoms with Crippen LogP contribution in [0.2, 0.25) is 5.02 Å². The van der Waals surface area contributed by atoms with Crippen LogP contribution in [0.1, 0.15) is 45.9 Å². The molecule has 3 aromatic carbocycles. The maximum atomic E-state index is 13.2. The number of halogens is 1. The number of furan rings is 1. The first-order valence-corrected chi connectivity index (χ1v) is 12.4. The lowest BCUT2D eigenvalue weighted by molar-refractivity contribution is -0.122. The molecular weight excluding hydrogens is 508 g/mol. The summed E-state index contributed by atoms with van der Waals surface area (Å²) in [6.45, 7) is 7.32. The van der Waals surface area contributed by atoms with Crippen LogP contribution in [0.25, 0.3) is 11.0 Å². The quantitative estimate of drug-likeness (QED) is 0.249. The first-order valence-electron chi connectivity index (χ1n) is 12.0. The number of carbonyl (C=O) groups is 3. The lowest BCUT2D eigenvalue weighted by Crippen LogP contribution is -2.30. The number of fused-ring (bicyclic) bond motifs is 1. The van der Waals surface area contributed by atoms with Crippen LogP contribution in [0.15, 0.2) is 65.1 Å². The molecule has 0 saturated carbocycles. The van der Waals surface area contributed by atoms with Crippen LogP contribution in [0.4, 0.5) is 11.4 Å². The summed E-state index contributed by atoms with van der Waals surface area (Å²) >= 11 is 6.23. The van der Waals surface area contributed by atoms with Gasteiger partial charge in [0.25, 0.3) is 11.8 Å². The van der Waals surface area contributed by atoms with E-state index in [1.54, 1.807) is 74.5 Å². The van der Waals surface area contributed by atoms with E-state index in [0.29, 0.717) is 33.0 Å². The first kappa shape index (κ1) is 26.8. The molecule has 1 aromatic heterocycles. The monoisotopic (exact) mass is 534 g/mol. The second kappa shape index (κ2) is 11.4. The molecule has 0 aliphatic heterocycles. The number of carbonyl (C=O) groups excluding carboxylic acids is 3. The smallest absolute Gasteiger partial charge is 0.338 e. The Balaban J connectivity index is 1.55. The van der Waals surface area contributed by atoms with E-state index in [0.717, 1.165) is 11.1 Å². The minimum Gasteiger partial charge on any atom is -0.481 e. The molecule has 0 bridgehead atoms. The van der Waals surface area contributed by atoms with Crippen molar-refractivity contribution in [3.05, 3.63) is 88.1 Å². The molecule has 0 aliphatic carbocycles. The number of para-hydroxylation sites is 1. The predicted molar refractivity (Wildman–Crippen MR) is 146 cm³/mol. The lowest BCUT2D eigenvalue weighted by atomic mass is 10.1. The maximum absolute atomic E-state index is 13.2. The first-order chi connectivity index (χ1) is 18.2. The van der Waals surface area contributed by atoms with Gasteiger partial charge in [0.05, 0.1) is 12.2 Å². The number of amides is 2. The molecule has 196 valence electrons. The number of anilines is 2. The zero-order chi connectivity index (χ0) is 27.4. The van der Waals surface area contributed by atoms with E-state index in [9.17, 15) is 14.4 Å². The van der Waals surface area contributed by atoms with Crippen molar-refractivity contribution in [3.63, 3.8) is 0 Å². The highest BCUT2D eigenvalue weighted by molar-refractivity contribution is 6.32. The minimum absolute atomic E-state index is 0.0700. The number of hydrogen-bond acceptors (Lipinski definition) is 6. The van der Waals surface area contributed by atoms with Crippen LogP contribution in [0.3, 0.4) is 0 Å². The van der Waals surface area contributed by atoms with E-state index in [2.05, 4.69) is 10.6 Å². The van der Waals surface area contributed by atoms with Crippen molar-refractivity contribution in [2.45, 2.75) is 33.8 Å². The van der Waals surface area contributed by atoms with Gasteiger partial charge in [-0.2, -0.15) is 0 Å². The molecule has 1 heterocycles. The largest absolute Gasteiger partial charge is 0.481 e. The zero-order valence-corrected chi connectivity index (χ0v) is 22.1. The second-order valence-corrected chi connectivity index (χ2v) is 9.05. The number of benzene rings is 3. The molecule has 1 unspecified atom stereocenters. The van der Waals surface area contributed by atoms with Gasteiger partial charge >= 0.3 is 5.97 Å². The normalized spacial score (nSPS) is 11.6. The average molecular weight is 535 g/mol. The third-order valence-corrected chi connectivity index (χ3v) is 6.39. The molecule has 0 saturated heterocycles. The molecule has 2 amide bonds. The average Bonchev–Trinajstić information content (AvgIpc) is 3.26. The number of hydrogen-bond donors (Lipinski definition) is 2. The highest BCUT2D eigenvalue weighted by atomic mass is 35.5. The number of esters is 1. The summed E-state index contributed by atoms with van der Waals surface area (Å²) in [5.41, 5.74) is 3.13. The molecule has 4 aromatic rings. The Bertz CT molecular complexity index is 1490. The Morgan fingerprint density at radius 3 is 2.29 bits per heavy atom. The van der Waals surface area contributed by atoms with Crippen molar-refractivity contribution in [2.75, 3.05) is 17.2 Å². The summed E-state index contributed by atoms with van der Waals surface area (Å²) < 4.78 is 16.7. The van der Waals surface area contributed by atoms with Crippen molar-refractivity contribution in [3.8, 4) is 5.75 Å². The lowest BCUT2D eigenvalue weighted by Gasteiger charge is -2.16. The standard InChI is InChI=1S/C29H27ClN2O6/c1-5-36-29(35)19-10-12-20(13-11-19)31-28(34)26-25(22-8-6-7-9-23(22)38-26)32-27(33)18(4)37-21-14-16(2)24(30)17(3)15-21/h6-15,18H,5H2,1-4H3,(H,31,34)(H,32,33). The molecule has 0 spiro atoms. The van der Waals surface area contributed by atoms with Crippen LogP contribution in [0.5, 0.6) is 5.75 Å². The van der Waals surface area contributed by atoms with Gasteiger partial charge in [-0.3, -0.25) is 9.59 Å². The molecule has 1 atom stereocenters. The molecule has 2 N–H and O–H groups in total. The van der Waals surface area contributed by atoms with E-state index in [1.807, 2.05) is 13.8 Å². The highest BCUT2D eigenvalue weighted by Gasteiger charge is 2.25. The molecule has 8 nitrogen and oxygen atoms in total. The van der Waals surface area contributed by atoms with E-state index >= 15 is 0 Å². The third-order valence-electron chi connectivity index (χ3n) is 5.80. The summed E-state index contributed by atoms with van der Waals surface area (Å²) in [5.74, 6) is -1.05. The van der Waals surface area contributed by atoms with Crippen LogP contribution >= 0.6 is 11.6 Å². The summed E-state index contributed by atoms with van der Waals surface area (Å²) in [4.78, 5) is 38.2. The van der Waals surface area contributed by atoms with Crippen LogP contribution in [-0.2, 0) is 9.53 Å². The molecule has 0 radical (unpaired) electrons. The molecule has 0 fully saturated rings. The highest BCUT2D eigenvalue weighted by Crippen LogP contribution is 2.32. The fraction of sp³-hybridized carbons (Fsp3) is 0.207. The topological polar surface area (TPSA) is 107 Å². The Morgan fingerprint density at radius 2 is 1.63 bits per heavy atom. The Labute approximate surface area is 224 Å². The molecule has 0 aliphatic rings. The Kier molecular flexibility index (Phi) is 8.02. The van der Waals surface area contributed by atoms with E-state index in [1.165, 1.54) is 0 Å². The van der Waals surface area contributed by atoms with E-state index in [-0.39, 0.29) is 18.1 Å². The molecule has 9 heteroatoms. The molecule has 38 heavy (non-hydrogen) atoms. The van der Waals surface area contributed by atoms with Gasteiger partial charge in [0.1, 0.15) is 17.0 Å². The van der Waals surface area contributed by atoms with Crippen LogP contribution < -0.4 is 15.4 Å². The Morgan fingerprint density at radius 1 is 0.974 bits per heavy atom. The third kappa shape index (κ3) is 5.81. The summed E-state index contributed by atoms with van der Waals surface area (Å²) in [5, 5.41) is 6.74. The van der Waals surface area contributed by atoms with Gasteiger partial charge in [-0.1, -0.05) is 23.7 Å². The van der Waals surface area contributed by atoms with Gasteiger partial charge in [-0.25, -0.2) is 4.79 Å². The van der Waals surface area contributed by atoms with Gasteiger partial charge < -0.3 is 24.5 Å². The van der Waals surface area contributed by atoms with Crippen molar-refractivity contribution in [1.82, 2.24) is 0 Å². The molecular formula is C29H27ClN2O6. The fourth-order valence-electron chi connectivity index (χ4n) is 3.88. The van der Waals surface area contributed by atoms with Crippen molar-refractivity contribution in [2.24, 2.45) is 0 Å². The number of aryl methyl sites for hydroxylation is 2. The SMILES string of the molecule is CCOC(=O)c1ccc(NC(=O)c2oc3ccccc3c2NC(=O)C(C)Oc2cc(C)c(Cl)c(C)c2)cc1. The van der Waals surface area contributed by atoms with E-state index < -0.39 is 23.9 Å². The number of rotatable bonds is 8. The maximum Gasteiger partial charge on any atom is 0.338 e. The van der Waals surface area contributed by atoms with Crippen molar-refractivity contribution >= 4 is 51.7 Å². The number of nitrogens with one attached hydrogen (secondary N) is 2. The minimum atomic E-state index is -0.880.